The number of nitrogens with zero attached hydrogens (tertiary/aromatic N) is 1. The summed E-state index contributed by atoms with van der Waals surface area (Å²) in [5.41, 5.74) is 5.01. The Morgan fingerprint density at radius 3 is 2.82 bits per heavy atom. The molecule has 94 valence electrons. The number of carbonyl (C=O) groups excluding carboxylic acids is 2. The monoisotopic (exact) mass is 261 g/mol. The lowest BCUT2D eigenvalue weighted by molar-refractivity contribution is -0.118. The van der Waals surface area contributed by atoms with E-state index < -0.39 is 12.0 Å². The van der Waals surface area contributed by atoms with Crippen molar-refractivity contribution >= 4 is 24.4 Å². The van der Waals surface area contributed by atoms with E-state index in [9.17, 15) is 9.59 Å². The van der Waals surface area contributed by atoms with Crippen molar-refractivity contribution in [3.8, 4) is 11.6 Å². The van der Waals surface area contributed by atoms with E-state index in [2.05, 4.69) is 4.98 Å². The Hall–Kier alpha value is -1.86. The van der Waals surface area contributed by atoms with E-state index in [0.717, 1.165) is 0 Å². The first-order valence-corrected chi connectivity index (χ1v) is 4.38. The summed E-state index contributed by atoms with van der Waals surface area (Å²) in [5.74, 6) is -0.370. The maximum Gasteiger partial charge on any atom is 0.420 e. The molecule has 0 atom stereocenters. The fraction of sp³-hybridized carbons (Fsp3) is 0.222. The summed E-state index contributed by atoms with van der Waals surface area (Å²) in [6.07, 6.45) is 0.475. The number of imide groups is 1. The molecule has 1 rings (SSSR count). The number of nitrogens with two attached hydrogens (primary N) is 1. The predicted octanol–water partition coefficient (Wildman–Crippen LogP) is 0.0857. The molecule has 8 heteroatoms. The summed E-state index contributed by atoms with van der Waals surface area (Å²) < 4.78 is 9.65. The third kappa shape index (κ3) is 4.66. The lowest BCUT2D eigenvalue weighted by atomic mass is 10.4. The fourth-order valence-electron chi connectivity index (χ4n) is 0.886. The lowest BCUT2D eigenvalue weighted by Gasteiger charge is -2.07. The highest BCUT2D eigenvalue weighted by Gasteiger charge is 2.12. The molecule has 0 saturated carbocycles. The molecule has 7 nitrogen and oxygen atoms in total. The maximum absolute atomic E-state index is 11.1. The number of halogens is 1. The van der Waals surface area contributed by atoms with Crippen LogP contribution in [0.4, 0.5) is 4.79 Å². The highest BCUT2D eigenvalue weighted by molar-refractivity contribution is 5.93. The van der Waals surface area contributed by atoms with Crippen LogP contribution in [0.2, 0.25) is 0 Å². The Bertz CT molecular complexity index is 400. The Kier molecular flexibility index (Phi) is 6.61. The van der Waals surface area contributed by atoms with Crippen molar-refractivity contribution in [2.24, 2.45) is 5.73 Å². The average Bonchev–Trinajstić information content (AvgIpc) is 2.29. The molecule has 3 N–H and O–H groups in total. The number of hydrogen-bond donors (Lipinski definition) is 2. The summed E-state index contributed by atoms with van der Waals surface area (Å²) in [7, 11) is 1.41. The van der Waals surface area contributed by atoms with Gasteiger partial charge in [0.2, 0.25) is 5.91 Å². The number of pyridine rings is 1. The van der Waals surface area contributed by atoms with Crippen molar-refractivity contribution in [2.75, 3.05) is 13.7 Å². The van der Waals surface area contributed by atoms with Crippen LogP contribution >= 0.6 is 12.4 Å². The highest BCUT2D eigenvalue weighted by Crippen LogP contribution is 2.22. The topological polar surface area (TPSA) is 104 Å². The first-order valence-electron chi connectivity index (χ1n) is 4.38. The van der Waals surface area contributed by atoms with Gasteiger partial charge >= 0.3 is 6.09 Å². The maximum atomic E-state index is 11.1. The minimum atomic E-state index is -0.951. The molecule has 0 bridgehead atoms. The smallest absolute Gasteiger partial charge is 0.420 e. The van der Waals surface area contributed by atoms with E-state index in [4.69, 9.17) is 15.2 Å². The number of methoxy groups -OCH3 is 1. The Balaban J connectivity index is 0.00000256. The largest absolute Gasteiger partial charge is 0.491 e. The van der Waals surface area contributed by atoms with Crippen LogP contribution in [0.5, 0.6) is 11.6 Å². The normalized spacial score (nSPS) is 8.82. The van der Waals surface area contributed by atoms with Crippen LogP contribution in [0.1, 0.15) is 0 Å². The molecule has 0 aliphatic carbocycles. The van der Waals surface area contributed by atoms with Gasteiger partial charge in [-0.1, -0.05) is 0 Å². The Morgan fingerprint density at radius 1 is 1.53 bits per heavy atom. The zero-order valence-electron chi connectivity index (χ0n) is 9.00. The molecule has 0 aliphatic rings. The van der Waals surface area contributed by atoms with Gasteiger partial charge in [0.1, 0.15) is 0 Å². The fourth-order valence-corrected chi connectivity index (χ4v) is 0.886. The molecule has 0 aliphatic heterocycles. The Labute approximate surface area is 104 Å². The summed E-state index contributed by atoms with van der Waals surface area (Å²) in [6, 6.07) is 3.19. The van der Waals surface area contributed by atoms with E-state index in [-0.39, 0.29) is 30.6 Å². The quantitative estimate of drug-likeness (QED) is 0.799. The molecular weight excluding hydrogens is 250 g/mol. The predicted molar refractivity (Wildman–Crippen MR) is 61.3 cm³/mol. The van der Waals surface area contributed by atoms with Gasteiger partial charge in [0, 0.05) is 6.20 Å². The molecule has 0 fully saturated rings. The molecule has 0 saturated heterocycles. The van der Waals surface area contributed by atoms with E-state index in [1.807, 2.05) is 5.32 Å². The number of aromatic nitrogens is 1. The number of amides is 2. The summed E-state index contributed by atoms with van der Waals surface area (Å²) in [6.45, 7) is -0.297. The van der Waals surface area contributed by atoms with Crippen LogP contribution in [0, 0.1) is 0 Å². The lowest BCUT2D eigenvalue weighted by Crippen LogP contribution is -2.37. The van der Waals surface area contributed by atoms with Crippen LogP contribution in [0.3, 0.4) is 0 Å². The number of ether oxygens (including phenoxy) is 2. The van der Waals surface area contributed by atoms with Gasteiger partial charge in [-0.15, -0.1) is 12.4 Å². The van der Waals surface area contributed by atoms with Gasteiger partial charge < -0.3 is 15.2 Å². The molecule has 0 spiro atoms. The minimum Gasteiger partial charge on any atom is -0.491 e. The SMILES string of the molecule is COc1cccnc1OC(=O)NC(=O)CN.Cl. The second kappa shape index (κ2) is 7.42. The van der Waals surface area contributed by atoms with Gasteiger partial charge in [-0.05, 0) is 12.1 Å². The third-order valence-corrected chi connectivity index (χ3v) is 1.57. The summed E-state index contributed by atoms with van der Waals surface area (Å²) >= 11 is 0. The van der Waals surface area contributed by atoms with E-state index >= 15 is 0 Å². The molecule has 0 unspecified atom stereocenters. The second-order valence-electron chi connectivity index (χ2n) is 2.65. The zero-order chi connectivity index (χ0) is 12.0. The molecule has 17 heavy (non-hydrogen) atoms. The Morgan fingerprint density at radius 2 is 2.24 bits per heavy atom. The standard InChI is InChI=1S/C9H11N3O4.ClH/c1-15-6-3-2-4-11-8(6)16-9(14)12-7(13)5-10;/h2-4H,5,10H2,1H3,(H,12,13,14);1H. The zero-order valence-corrected chi connectivity index (χ0v) is 9.82. The number of carbonyl (C=O) groups is 2. The summed E-state index contributed by atoms with van der Waals surface area (Å²) in [5, 5.41) is 1.91. The van der Waals surface area contributed by atoms with Gasteiger partial charge in [-0.25, -0.2) is 9.78 Å². The number of rotatable bonds is 3. The van der Waals surface area contributed by atoms with Gasteiger partial charge in [-0.2, -0.15) is 0 Å². The van der Waals surface area contributed by atoms with Crippen molar-refractivity contribution in [3.63, 3.8) is 0 Å². The molecule has 1 heterocycles. The van der Waals surface area contributed by atoms with Gasteiger partial charge in [0.15, 0.2) is 5.75 Å². The van der Waals surface area contributed by atoms with Crippen LogP contribution in [0.25, 0.3) is 0 Å². The highest BCUT2D eigenvalue weighted by atomic mass is 35.5. The van der Waals surface area contributed by atoms with Crippen molar-refractivity contribution in [3.05, 3.63) is 18.3 Å². The first kappa shape index (κ1) is 15.1. The van der Waals surface area contributed by atoms with Crippen molar-refractivity contribution in [2.45, 2.75) is 0 Å². The first-order chi connectivity index (χ1) is 7.67. The molecule has 0 aromatic carbocycles. The number of hydrogen-bond acceptors (Lipinski definition) is 6. The van der Waals surface area contributed by atoms with Crippen molar-refractivity contribution in [1.82, 2.24) is 10.3 Å². The van der Waals surface area contributed by atoms with Gasteiger partial charge in [0.25, 0.3) is 5.88 Å². The van der Waals surface area contributed by atoms with Crippen LogP contribution in [0.15, 0.2) is 18.3 Å². The summed E-state index contributed by atoms with van der Waals surface area (Å²) in [4.78, 5) is 25.7. The van der Waals surface area contributed by atoms with E-state index in [1.165, 1.54) is 13.3 Å². The second-order valence-corrected chi connectivity index (χ2v) is 2.65. The molecule has 1 aromatic rings. The van der Waals surface area contributed by atoms with E-state index in [1.54, 1.807) is 12.1 Å². The van der Waals surface area contributed by atoms with Gasteiger partial charge in [-0.3, -0.25) is 10.1 Å². The molecule has 1 aromatic heterocycles. The van der Waals surface area contributed by atoms with Crippen LogP contribution in [-0.2, 0) is 4.79 Å². The average molecular weight is 262 g/mol. The van der Waals surface area contributed by atoms with E-state index in [0.29, 0.717) is 0 Å². The molecule has 0 radical (unpaired) electrons. The minimum absolute atomic E-state index is 0. The van der Waals surface area contributed by atoms with Crippen LogP contribution in [-0.4, -0.2) is 30.6 Å². The van der Waals surface area contributed by atoms with Crippen molar-refractivity contribution in [1.29, 1.82) is 0 Å². The number of nitrogens with one attached hydrogen (secondary N) is 1. The third-order valence-electron chi connectivity index (χ3n) is 1.57. The van der Waals surface area contributed by atoms with Crippen molar-refractivity contribution < 1.29 is 19.1 Å². The molecular formula is C9H12ClN3O4. The molecule has 2 amide bonds. The van der Waals surface area contributed by atoms with Gasteiger partial charge in [0.05, 0.1) is 13.7 Å². The van der Waals surface area contributed by atoms with Crippen LogP contribution < -0.4 is 20.5 Å².